The number of benzene rings is 2. The summed E-state index contributed by atoms with van der Waals surface area (Å²) >= 11 is 1.65. The minimum Gasteiger partial charge on any atom is -0.497 e. The van der Waals surface area contributed by atoms with Gasteiger partial charge in [0.15, 0.2) is 0 Å². The number of hydrogen-bond donors (Lipinski definition) is 1. The Morgan fingerprint density at radius 2 is 1.73 bits per heavy atom. The number of nitrogens with zero attached hydrogens (tertiary/aromatic N) is 2. The van der Waals surface area contributed by atoms with Crippen LogP contribution >= 0.6 is 11.3 Å². The number of thiophene rings is 1. The summed E-state index contributed by atoms with van der Waals surface area (Å²) in [6, 6.07) is 13.7. The fraction of sp³-hybridized carbons (Fsp3) is 0.217. The van der Waals surface area contributed by atoms with Gasteiger partial charge in [0.2, 0.25) is 0 Å². The van der Waals surface area contributed by atoms with Gasteiger partial charge in [-0.3, -0.25) is 0 Å². The van der Waals surface area contributed by atoms with E-state index in [0.717, 1.165) is 44.3 Å². The second-order valence-corrected chi connectivity index (χ2v) is 7.79. The molecule has 4 rings (SSSR count). The smallest absolute Gasteiger partial charge is 0.143 e. The molecule has 4 aromatic rings. The van der Waals surface area contributed by atoms with Crippen molar-refractivity contribution in [3.63, 3.8) is 0 Å². The number of ether oxygens (including phenoxy) is 3. The van der Waals surface area contributed by atoms with Crippen molar-refractivity contribution in [3.05, 3.63) is 53.7 Å². The van der Waals surface area contributed by atoms with E-state index in [9.17, 15) is 0 Å². The van der Waals surface area contributed by atoms with Crippen molar-refractivity contribution in [2.45, 2.75) is 13.8 Å². The molecule has 0 saturated heterocycles. The largest absolute Gasteiger partial charge is 0.497 e. The van der Waals surface area contributed by atoms with E-state index >= 15 is 0 Å². The van der Waals surface area contributed by atoms with Crippen LogP contribution in [0.3, 0.4) is 0 Å². The monoisotopic (exact) mass is 421 g/mol. The summed E-state index contributed by atoms with van der Waals surface area (Å²) in [6.45, 7) is 4.73. The molecular weight excluding hydrogens is 398 g/mol. The van der Waals surface area contributed by atoms with Crippen molar-refractivity contribution in [3.8, 4) is 28.4 Å². The number of hydrogen-bond acceptors (Lipinski definition) is 7. The van der Waals surface area contributed by atoms with Crippen molar-refractivity contribution in [2.24, 2.45) is 0 Å². The maximum Gasteiger partial charge on any atom is 0.143 e. The van der Waals surface area contributed by atoms with E-state index in [0.29, 0.717) is 12.4 Å². The first-order valence-corrected chi connectivity index (χ1v) is 10.4. The molecule has 0 spiro atoms. The molecule has 0 unspecified atom stereocenters. The van der Waals surface area contributed by atoms with Crippen molar-refractivity contribution < 1.29 is 14.2 Å². The summed E-state index contributed by atoms with van der Waals surface area (Å²) in [6.07, 6.45) is 1.58. The Kier molecular flexibility index (Phi) is 5.72. The van der Waals surface area contributed by atoms with Crippen LogP contribution in [0.25, 0.3) is 21.3 Å². The Labute approximate surface area is 179 Å². The first-order chi connectivity index (χ1) is 14.6. The molecule has 154 valence electrons. The molecule has 0 bridgehead atoms. The van der Waals surface area contributed by atoms with Gasteiger partial charge in [0.05, 0.1) is 31.9 Å². The Hall–Kier alpha value is -3.32. The summed E-state index contributed by atoms with van der Waals surface area (Å²) < 4.78 is 16.5. The standard InChI is InChI=1S/C23H23N3O3S/c1-5-29-16-8-6-15(7-9-16)20-14(2)30-23-21(20)22(24-13-25-23)26-18-12-17(27-3)10-11-19(18)28-4/h6-13H,5H2,1-4H3,(H,24,25,26). The minimum absolute atomic E-state index is 0.643. The molecular formula is C23H23N3O3S. The average molecular weight is 422 g/mol. The van der Waals surface area contributed by atoms with Crippen LogP contribution in [-0.4, -0.2) is 30.8 Å². The maximum absolute atomic E-state index is 5.59. The molecule has 0 radical (unpaired) electrons. The molecule has 0 amide bonds. The minimum atomic E-state index is 0.643. The molecule has 0 aliphatic heterocycles. The number of methoxy groups -OCH3 is 2. The Balaban J connectivity index is 1.83. The van der Waals surface area contributed by atoms with E-state index in [1.165, 1.54) is 4.88 Å². The van der Waals surface area contributed by atoms with Gasteiger partial charge in [-0.2, -0.15) is 0 Å². The summed E-state index contributed by atoms with van der Waals surface area (Å²) in [4.78, 5) is 11.1. The highest BCUT2D eigenvalue weighted by atomic mass is 32.1. The lowest BCUT2D eigenvalue weighted by atomic mass is 10.0. The van der Waals surface area contributed by atoms with E-state index in [1.54, 1.807) is 31.9 Å². The van der Waals surface area contributed by atoms with Gasteiger partial charge in [-0.05, 0) is 43.7 Å². The molecule has 0 fully saturated rings. The molecule has 7 heteroatoms. The summed E-state index contributed by atoms with van der Waals surface area (Å²) in [5, 5.41) is 4.40. The van der Waals surface area contributed by atoms with Crippen molar-refractivity contribution in [1.82, 2.24) is 9.97 Å². The Morgan fingerprint density at radius 3 is 2.43 bits per heavy atom. The van der Waals surface area contributed by atoms with Gasteiger partial charge in [0, 0.05) is 16.5 Å². The van der Waals surface area contributed by atoms with E-state index < -0.39 is 0 Å². The van der Waals surface area contributed by atoms with E-state index in [-0.39, 0.29) is 0 Å². The second-order valence-electron chi connectivity index (χ2n) is 6.58. The highest BCUT2D eigenvalue weighted by Crippen LogP contribution is 2.42. The predicted molar refractivity (Wildman–Crippen MR) is 122 cm³/mol. The highest BCUT2D eigenvalue weighted by molar-refractivity contribution is 7.19. The number of rotatable bonds is 7. The first kappa shape index (κ1) is 20.0. The normalized spacial score (nSPS) is 10.8. The quantitative estimate of drug-likeness (QED) is 0.405. The molecule has 2 heterocycles. The molecule has 2 aromatic carbocycles. The fourth-order valence-electron chi connectivity index (χ4n) is 3.41. The lowest BCUT2D eigenvalue weighted by molar-refractivity contribution is 0.340. The molecule has 0 saturated carbocycles. The number of aromatic nitrogens is 2. The van der Waals surface area contributed by atoms with Crippen molar-refractivity contribution in [1.29, 1.82) is 0 Å². The van der Waals surface area contributed by atoms with Gasteiger partial charge in [-0.25, -0.2) is 9.97 Å². The van der Waals surface area contributed by atoms with Crippen LogP contribution in [0.2, 0.25) is 0 Å². The summed E-state index contributed by atoms with van der Waals surface area (Å²) in [5.74, 6) is 3.02. The lowest BCUT2D eigenvalue weighted by Gasteiger charge is -2.13. The van der Waals surface area contributed by atoms with Gasteiger partial charge in [-0.15, -0.1) is 11.3 Å². The second kappa shape index (κ2) is 8.59. The van der Waals surface area contributed by atoms with Crippen LogP contribution in [-0.2, 0) is 0 Å². The van der Waals surface area contributed by atoms with Crippen LogP contribution in [0, 0.1) is 6.92 Å². The number of aryl methyl sites for hydroxylation is 1. The van der Waals surface area contributed by atoms with Gasteiger partial charge < -0.3 is 19.5 Å². The van der Waals surface area contributed by atoms with Crippen LogP contribution in [0.4, 0.5) is 11.5 Å². The van der Waals surface area contributed by atoms with Crippen molar-refractivity contribution >= 4 is 33.1 Å². The number of nitrogens with one attached hydrogen (secondary N) is 1. The maximum atomic E-state index is 5.59. The molecule has 2 aromatic heterocycles. The lowest BCUT2D eigenvalue weighted by Crippen LogP contribution is -1.99. The van der Waals surface area contributed by atoms with Gasteiger partial charge >= 0.3 is 0 Å². The highest BCUT2D eigenvalue weighted by Gasteiger charge is 2.18. The number of anilines is 2. The summed E-state index contributed by atoms with van der Waals surface area (Å²) in [5.41, 5.74) is 2.99. The zero-order valence-electron chi connectivity index (χ0n) is 17.4. The van der Waals surface area contributed by atoms with Crippen LogP contribution in [0.5, 0.6) is 17.2 Å². The molecule has 6 nitrogen and oxygen atoms in total. The van der Waals surface area contributed by atoms with Crippen LogP contribution < -0.4 is 19.5 Å². The van der Waals surface area contributed by atoms with Crippen LogP contribution in [0.1, 0.15) is 11.8 Å². The Bertz CT molecular complexity index is 1170. The summed E-state index contributed by atoms with van der Waals surface area (Å²) in [7, 11) is 3.28. The van der Waals surface area contributed by atoms with Gasteiger partial charge in [0.1, 0.15) is 34.2 Å². The molecule has 0 atom stereocenters. The fourth-order valence-corrected chi connectivity index (χ4v) is 4.42. The van der Waals surface area contributed by atoms with Gasteiger partial charge in [-0.1, -0.05) is 12.1 Å². The number of fused-ring (bicyclic) bond motifs is 1. The first-order valence-electron chi connectivity index (χ1n) is 9.61. The third-order valence-corrected chi connectivity index (χ3v) is 5.79. The Morgan fingerprint density at radius 1 is 0.967 bits per heavy atom. The van der Waals surface area contributed by atoms with Crippen molar-refractivity contribution in [2.75, 3.05) is 26.1 Å². The molecule has 30 heavy (non-hydrogen) atoms. The molecule has 0 aliphatic carbocycles. The van der Waals surface area contributed by atoms with E-state index in [2.05, 4.69) is 34.3 Å². The zero-order chi connectivity index (χ0) is 21.1. The zero-order valence-corrected chi connectivity index (χ0v) is 18.2. The van der Waals surface area contributed by atoms with Crippen LogP contribution in [0.15, 0.2) is 48.8 Å². The SMILES string of the molecule is CCOc1ccc(-c2c(C)sc3ncnc(Nc4cc(OC)ccc4OC)c23)cc1. The molecule has 0 aliphatic rings. The van der Waals surface area contributed by atoms with Gasteiger partial charge in [0.25, 0.3) is 0 Å². The van der Waals surface area contributed by atoms with E-state index in [4.69, 9.17) is 14.2 Å². The third-order valence-electron chi connectivity index (χ3n) is 4.78. The van der Waals surface area contributed by atoms with E-state index in [1.807, 2.05) is 37.3 Å². The third kappa shape index (κ3) is 3.76. The topological polar surface area (TPSA) is 65.5 Å². The predicted octanol–water partition coefficient (Wildman–Crippen LogP) is 5.83. The average Bonchev–Trinajstić information content (AvgIpc) is 3.11. The molecule has 1 N–H and O–H groups in total.